The average Bonchev–Trinajstić information content (AvgIpc) is 3.73. The van der Waals surface area contributed by atoms with E-state index in [9.17, 15) is 9.90 Å². The topological polar surface area (TPSA) is 118 Å². The lowest BCUT2D eigenvalue weighted by Crippen LogP contribution is -2.49. The number of hydrogen-bond donors (Lipinski definition) is 4. The zero-order chi connectivity index (χ0) is 28.0. The molecule has 0 bridgehead atoms. The normalized spacial score (nSPS) is 15.4. The molecule has 1 amide bonds. The summed E-state index contributed by atoms with van der Waals surface area (Å²) in [5.74, 6) is 1.22. The summed E-state index contributed by atoms with van der Waals surface area (Å²) in [4.78, 5) is 20.4. The summed E-state index contributed by atoms with van der Waals surface area (Å²) in [7, 11) is 3.03. The predicted molar refractivity (Wildman–Crippen MR) is 152 cm³/mol. The van der Waals surface area contributed by atoms with Crippen molar-refractivity contribution in [3.63, 3.8) is 0 Å². The second-order valence-corrected chi connectivity index (χ2v) is 10.4. The summed E-state index contributed by atoms with van der Waals surface area (Å²) in [6.07, 6.45) is 1.81. The Balaban J connectivity index is 1.39. The molecule has 2 aromatic carbocycles. The smallest absolute Gasteiger partial charge is 0.321 e. The Hall–Kier alpha value is -3.69. The van der Waals surface area contributed by atoms with Gasteiger partial charge in [-0.15, -0.1) is 0 Å². The number of methoxy groups -OCH3 is 2. The molecule has 1 fully saturated rings. The van der Waals surface area contributed by atoms with Crippen molar-refractivity contribution in [3.05, 3.63) is 71.3 Å². The third-order valence-electron chi connectivity index (χ3n) is 7.11. The van der Waals surface area contributed by atoms with Crippen molar-refractivity contribution in [2.45, 2.75) is 63.6 Å². The van der Waals surface area contributed by atoms with E-state index in [0.29, 0.717) is 30.6 Å². The van der Waals surface area contributed by atoms with E-state index in [4.69, 9.17) is 9.47 Å². The number of ether oxygens (including phenoxy) is 2. The zero-order valence-corrected chi connectivity index (χ0v) is 23.3. The summed E-state index contributed by atoms with van der Waals surface area (Å²) in [5, 5.41) is 20.9. The molecule has 0 unspecified atom stereocenters. The summed E-state index contributed by atoms with van der Waals surface area (Å²) in [6.45, 7) is 6.25. The predicted octanol–water partition coefficient (Wildman–Crippen LogP) is 4.05. The molecule has 1 heterocycles. The molecule has 39 heavy (non-hydrogen) atoms. The number of anilines is 2. The summed E-state index contributed by atoms with van der Waals surface area (Å²) in [5.41, 5.74) is 4.28. The van der Waals surface area contributed by atoms with Gasteiger partial charge in [0.15, 0.2) is 0 Å². The number of carbonyl (C=O) groups is 1. The van der Waals surface area contributed by atoms with Crippen LogP contribution < -0.4 is 25.4 Å². The van der Waals surface area contributed by atoms with Crippen LogP contribution in [-0.2, 0) is 16.8 Å². The minimum Gasteiger partial charge on any atom is -0.481 e. The van der Waals surface area contributed by atoms with Crippen LogP contribution in [0.25, 0.3) is 0 Å². The van der Waals surface area contributed by atoms with E-state index in [0.717, 1.165) is 24.1 Å². The van der Waals surface area contributed by atoms with E-state index >= 15 is 0 Å². The average molecular weight is 534 g/mol. The van der Waals surface area contributed by atoms with Crippen molar-refractivity contribution < 1.29 is 19.4 Å². The van der Waals surface area contributed by atoms with Gasteiger partial charge in [-0.3, -0.25) is 4.79 Å². The maximum absolute atomic E-state index is 12.0. The van der Waals surface area contributed by atoms with Crippen molar-refractivity contribution in [2.24, 2.45) is 0 Å². The number of amides is 1. The Morgan fingerprint density at radius 1 is 1.05 bits per heavy atom. The molecule has 2 atom stereocenters. The fourth-order valence-corrected chi connectivity index (χ4v) is 4.66. The van der Waals surface area contributed by atoms with Gasteiger partial charge in [-0.05, 0) is 54.0 Å². The van der Waals surface area contributed by atoms with E-state index in [2.05, 4.69) is 64.0 Å². The largest absolute Gasteiger partial charge is 0.481 e. The lowest BCUT2D eigenvalue weighted by Gasteiger charge is -2.27. The molecule has 1 aromatic heterocycles. The number of hydrogen-bond acceptors (Lipinski definition) is 8. The number of carbonyl (C=O) groups excluding carboxylic acids is 1. The molecular weight excluding hydrogens is 494 g/mol. The molecule has 3 aromatic rings. The number of aromatic nitrogens is 2. The second kappa shape index (κ2) is 12.4. The lowest BCUT2D eigenvalue weighted by atomic mass is 9.96. The molecule has 0 saturated heterocycles. The Labute approximate surface area is 230 Å². The van der Waals surface area contributed by atoms with Gasteiger partial charge in [-0.2, -0.15) is 9.97 Å². The quantitative estimate of drug-likeness (QED) is 0.260. The van der Waals surface area contributed by atoms with E-state index < -0.39 is 12.1 Å². The van der Waals surface area contributed by atoms with Crippen LogP contribution in [-0.4, -0.2) is 53.9 Å². The van der Waals surface area contributed by atoms with Crippen LogP contribution in [0.3, 0.4) is 0 Å². The van der Waals surface area contributed by atoms with Gasteiger partial charge in [-0.1, -0.05) is 50.2 Å². The van der Waals surface area contributed by atoms with Gasteiger partial charge >= 0.3 is 6.01 Å². The number of nitrogens with zero attached hydrogens (tertiary/aromatic N) is 2. The first-order chi connectivity index (χ1) is 18.7. The Kier molecular flexibility index (Phi) is 9.04. The fraction of sp³-hybridized carbons (Fsp3) is 0.433. The van der Waals surface area contributed by atoms with E-state index in [1.54, 1.807) is 6.07 Å². The third kappa shape index (κ3) is 7.46. The van der Waals surface area contributed by atoms with Crippen LogP contribution in [0.15, 0.2) is 54.6 Å². The zero-order valence-electron chi connectivity index (χ0n) is 23.3. The van der Waals surface area contributed by atoms with Gasteiger partial charge < -0.3 is 30.5 Å². The second-order valence-electron chi connectivity index (χ2n) is 10.4. The standard InChI is InChI=1S/C30H39N5O4/c1-19(2)22-7-6-8-23(16-22)30(13-14-30)31-18-26(37)25(32-20(3)36)15-21-9-11-24(12-10-21)33-27-17-28(38-4)35-29(34-27)39-5/h6-12,16-17,19,25-26,31,37H,13-15,18H2,1-5H3,(H,32,36)(H,33,34,35)/t25-,26-/m0/s1. The highest BCUT2D eigenvalue weighted by Crippen LogP contribution is 2.46. The highest BCUT2D eigenvalue weighted by molar-refractivity contribution is 5.73. The van der Waals surface area contributed by atoms with E-state index in [1.807, 2.05) is 24.3 Å². The highest BCUT2D eigenvalue weighted by Gasteiger charge is 2.44. The van der Waals surface area contributed by atoms with Crippen LogP contribution in [0, 0.1) is 0 Å². The van der Waals surface area contributed by atoms with Crippen LogP contribution in [0.2, 0.25) is 0 Å². The van der Waals surface area contributed by atoms with Gasteiger partial charge in [0.05, 0.1) is 26.4 Å². The number of rotatable bonds is 13. The summed E-state index contributed by atoms with van der Waals surface area (Å²) < 4.78 is 10.3. The Morgan fingerprint density at radius 3 is 2.41 bits per heavy atom. The van der Waals surface area contributed by atoms with Crippen LogP contribution in [0.5, 0.6) is 11.9 Å². The molecule has 208 valence electrons. The highest BCUT2D eigenvalue weighted by atomic mass is 16.5. The lowest BCUT2D eigenvalue weighted by molar-refractivity contribution is -0.120. The summed E-state index contributed by atoms with van der Waals surface area (Å²) in [6, 6.07) is 17.9. The van der Waals surface area contributed by atoms with Crippen molar-refractivity contribution >= 4 is 17.4 Å². The van der Waals surface area contributed by atoms with Crippen molar-refractivity contribution in [1.29, 1.82) is 0 Å². The SMILES string of the molecule is COc1cc(Nc2ccc(C[C@H](NC(C)=O)[C@@H](O)CNC3(c4cccc(C(C)C)c4)CC3)cc2)nc(OC)n1. The fourth-order valence-electron chi connectivity index (χ4n) is 4.66. The molecule has 0 radical (unpaired) electrons. The number of benzene rings is 2. The first kappa shape index (κ1) is 28.3. The first-order valence-electron chi connectivity index (χ1n) is 13.3. The summed E-state index contributed by atoms with van der Waals surface area (Å²) >= 11 is 0. The van der Waals surface area contributed by atoms with Gasteiger partial charge in [-0.25, -0.2) is 0 Å². The minimum atomic E-state index is -0.751. The number of aliphatic hydroxyl groups excluding tert-OH is 1. The molecular formula is C30H39N5O4. The van der Waals surface area contributed by atoms with E-state index in [1.165, 1.54) is 32.3 Å². The molecule has 1 aliphatic rings. The Morgan fingerprint density at radius 2 is 1.79 bits per heavy atom. The third-order valence-corrected chi connectivity index (χ3v) is 7.11. The molecule has 0 aliphatic heterocycles. The van der Waals surface area contributed by atoms with Gasteiger partial charge in [0.25, 0.3) is 0 Å². The molecule has 1 aliphatic carbocycles. The molecule has 9 heteroatoms. The van der Waals surface area contributed by atoms with Gasteiger partial charge in [0, 0.05) is 30.8 Å². The first-order valence-corrected chi connectivity index (χ1v) is 13.3. The number of nitrogens with one attached hydrogen (secondary N) is 3. The van der Waals surface area contributed by atoms with Crippen LogP contribution >= 0.6 is 0 Å². The molecule has 1 saturated carbocycles. The van der Waals surface area contributed by atoms with Crippen molar-refractivity contribution in [1.82, 2.24) is 20.6 Å². The minimum absolute atomic E-state index is 0.105. The van der Waals surface area contributed by atoms with Gasteiger partial charge in [0.2, 0.25) is 11.8 Å². The molecule has 4 rings (SSSR count). The molecule has 0 spiro atoms. The number of aliphatic hydroxyl groups is 1. The molecule has 9 nitrogen and oxygen atoms in total. The maximum atomic E-state index is 12.0. The van der Waals surface area contributed by atoms with Crippen molar-refractivity contribution in [2.75, 3.05) is 26.1 Å². The van der Waals surface area contributed by atoms with Gasteiger partial charge in [0.1, 0.15) is 5.82 Å². The Bertz CT molecular complexity index is 1240. The van der Waals surface area contributed by atoms with Crippen LogP contribution in [0.4, 0.5) is 11.5 Å². The monoisotopic (exact) mass is 533 g/mol. The van der Waals surface area contributed by atoms with E-state index in [-0.39, 0.29) is 17.5 Å². The van der Waals surface area contributed by atoms with Crippen LogP contribution in [0.1, 0.15) is 56.2 Å². The van der Waals surface area contributed by atoms with Crippen molar-refractivity contribution in [3.8, 4) is 11.9 Å². The molecule has 4 N–H and O–H groups in total. The maximum Gasteiger partial charge on any atom is 0.321 e.